The summed E-state index contributed by atoms with van der Waals surface area (Å²) in [7, 11) is 0. The fourth-order valence-electron chi connectivity index (χ4n) is 2.00. The lowest BCUT2D eigenvalue weighted by molar-refractivity contribution is 0.838. The first-order chi connectivity index (χ1) is 8.65. The predicted octanol–water partition coefficient (Wildman–Crippen LogP) is 3.30. The molecule has 0 atom stereocenters. The van der Waals surface area contributed by atoms with Crippen molar-refractivity contribution in [3.63, 3.8) is 0 Å². The maximum atomic E-state index is 4.55. The Kier molecular flexibility index (Phi) is 2.59. The van der Waals surface area contributed by atoms with Crippen molar-refractivity contribution >= 4 is 18.3 Å². The van der Waals surface area contributed by atoms with Crippen LogP contribution >= 0.6 is 12.6 Å². The maximum Gasteiger partial charge on any atom is 0.164 e. The molecule has 0 saturated heterocycles. The molecule has 0 radical (unpaired) electrons. The van der Waals surface area contributed by atoms with Gasteiger partial charge in [0.25, 0.3) is 0 Å². The van der Waals surface area contributed by atoms with E-state index < -0.39 is 0 Å². The van der Waals surface area contributed by atoms with Gasteiger partial charge in [-0.05, 0) is 25.5 Å². The van der Waals surface area contributed by atoms with Gasteiger partial charge in [0.05, 0.1) is 11.2 Å². The number of aromatic nitrogens is 3. The second-order valence-electron chi connectivity index (χ2n) is 4.42. The highest BCUT2D eigenvalue weighted by Crippen LogP contribution is 2.25. The van der Waals surface area contributed by atoms with E-state index in [2.05, 4.69) is 53.9 Å². The standard InChI is InChI=1S/C14H13N3S/c1-9-3-5-11(6-4-9)12-8-15-17-13(18)7-10(2)16-14(12)17/h3-8,18H,1-2H3. The third-order valence-electron chi connectivity index (χ3n) is 2.94. The van der Waals surface area contributed by atoms with E-state index in [4.69, 9.17) is 0 Å². The van der Waals surface area contributed by atoms with Gasteiger partial charge in [0.1, 0.15) is 0 Å². The van der Waals surface area contributed by atoms with Gasteiger partial charge >= 0.3 is 0 Å². The number of thiol groups is 1. The largest absolute Gasteiger partial charge is 0.233 e. The van der Waals surface area contributed by atoms with Crippen molar-refractivity contribution in [3.05, 3.63) is 47.8 Å². The van der Waals surface area contributed by atoms with Crippen LogP contribution in [0.5, 0.6) is 0 Å². The molecular formula is C14H13N3S. The second kappa shape index (κ2) is 4.14. The van der Waals surface area contributed by atoms with Crippen LogP contribution in [0.1, 0.15) is 11.3 Å². The van der Waals surface area contributed by atoms with E-state index in [9.17, 15) is 0 Å². The van der Waals surface area contributed by atoms with Gasteiger partial charge < -0.3 is 0 Å². The lowest BCUT2D eigenvalue weighted by Gasteiger charge is -2.02. The van der Waals surface area contributed by atoms with Crippen molar-refractivity contribution < 1.29 is 0 Å². The molecule has 90 valence electrons. The number of fused-ring (bicyclic) bond motifs is 1. The van der Waals surface area contributed by atoms with Crippen molar-refractivity contribution in [3.8, 4) is 11.1 Å². The van der Waals surface area contributed by atoms with Gasteiger partial charge in [-0.25, -0.2) is 9.50 Å². The smallest absolute Gasteiger partial charge is 0.164 e. The van der Waals surface area contributed by atoms with Gasteiger partial charge in [0.15, 0.2) is 5.65 Å². The molecule has 0 saturated carbocycles. The Morgan fingerprint density at radius 1 is 1.11 bits per heavy atom. The summed E-state index contributed by atoms with van der Waals surface area (Å²) in [4.78, 5) is 4.55. The first-order valence-corrected chi connectivity index (χ1v) is 6.21. The summed E-state index contributed by atoms with van der Waals surface area (Å²) in [6.45, 7) is 4.04. The minimum atomic E-state index is 0.802. The van der Waals surface area contributed by atoms with Crippen molar-refractivity contribution in [2.45, 2.75) is 18.9 Å². The first-order valence-electron chi connectivity index (χ1n) is 5.76. The molecule has 18 heavy (non-hydrogen) atoms. The Morgan fingerprint density at radius 3 is 2.56 bits per heavy atom. The van der Waals surface area contributed by atoms with E-state index >= 15 is 0 Å². The zero-order chi connectivity index (χ0) is 12.7. The number of rotatable bonds is 1. The second-order valence-corrected chi connectivity index (χ2v) is 4.87. The van der Waals surface area contributed by atoms with Crippen molar-refractivity contribution in [2.24, 2.45) is 0 Å². The molecule has 2 aromatic heterocycles. The van der Waals surface area contributed by atoms with Gasteiger partial charge in [-0.2, -0.15) is 5.10 Å². The van der Waals surface area contributed by atoms with E-state index in [0.29, 0.717) is 0 Å². The van der Waals surface area contributed by atoms with Crippen molar-refractivity contribution in [1.29, 1.82) is 0 Å². The van der Waals surface area contributed by atoms with Gasteiger partial charge in [-0.3, -0.25) is 0 Å². The third kappa shape index (κ3) is 1.78. The summed E-state index contributed by atoms with van der Waals surface area (Å²) in [6, 6.07) is 10.3. The Hall–Kier alpha value is -1.81. The highest BCUT2D eigenvalue weighted by Gasteiger charge is 2.10. The van der Waals surface area contributed by atoms with Crippen molar-refractivity contribution in [1.82, 2.24) is 14.6 Å². The highest BCUT2D eigenvalue weighted by atomic mass is 32.1. The summed E-state index contributed by atoms with van der Waals surface area (Å²) >= 11 is 4.42. The van der Waals surface area contributed by atoms with E-state index in [1.807, 2.05) is 19.2 Å². The topological polar surface area (TPSA) is 30.2 Å². The Balaban J connectivity index is 2.27. The quantitative estimate of drug-likeness (QED) is 0.534. The molecule has 0 fully saturated rings. The SMILES string of the molecule is Cc1ccc(-c2cnn3c(S)cc(C)nc23)cc1. The zero-order valence-electron chi connectivity index (χ0n) is 10.3. The summed E-state index contributed by atoms with van der Waals surface area (Å²) < 4.78 is 1.76. The monoisotopic (exact) mass is 255 g/mol. The summed E-state index contributed by atoms with van der Waals surface area (Å²) in [5, 5.41) is 5.14. The molecular weight excluding hydrogens is 242 g/mol. The molecule has 0 bridgehead atoms. The van der Waals surface area contributed by atoms with Gasteiger partial charge in [0.2, 0.25) is 0 Å². The highest BCUT2D eigenvalue weighted by molar-refractivity contribution is 7.80. The number of benzene rings is 1. The molecule has 0 aliphatic heterocycles. The molecule has 0 aliphatic rings. The van der Waals surface area contributed by atoms with Crippen LogP contribution in [0.25, 0.3) is 16.8 Å². The Bertz CT molecular complexity index is 714. The summed E-state index contributed by atoms with van der Waals surface area (Å²) in [5.41, 5.74) is 5.20. The molecule has 0 N–H and O–H groups in total. The van der Waals surface area contributed by atoms with Crippen LogP contribution in [0.4, 0.5) is 0 Å². The number of hydrogen-bond donors (Lipinski definition) is 1. The molecule has 0 aliphatic carbocycles. The number of nitrogens with zero attached hydrogens (tertiary/aromatic N) is 3. The van der Waals surface area contributed by atoms with E-state index in [1.165, 1.54) is 5.56 Å². The minimum Gasteiger partial charge on any atom is -0.233 e. The molecule has 3 nitrogen and oxygen atoms in total. The fraction of sp³-hybridized carbons (Fsp3) is 0.143. The molecule has 0 unspecified atom stereocenters. The molecule has 0 spiro atoms. The average molecular weight is 255 g/mol. The van der Waals surface area contributed by atoms with Crippen LogP contribution in [0.15, 0.2) is 41.6 Å². The number of hydrogen-bond acceptors (Lipinski definition) is 3. The van der Waals surface area contributed by atoms with Gasteiger partial charge in [-0.15, -0.1) is 12.6 Å². The fourth-order valence-corrected chi connectivity index (χ4v) is 2.33. The van der Waals surface area contributed by atoms with Crippen LogP contribution in [0.2, 0.25) is 0 Å². The average Bonchev–Trinajstić information content (AvgIpc) is 2.74. The van der Waals surface area contributed by atoms with Crippen LogP contribution < -0.4 is 0 Å². The lowest BCUT2D eigenvalue weighted by Crippen LogP contribution is -1.95. The minimum absolute atomic E-state index is 0.802. The molecule has 3 aromatic rings. The number of aryl methyl sites for hydroxylation is 2. The maximum absolute atomic E-state index is 4.55. The third-order valence-corrected chi connectivity index (χ3v) is 3.26. The lowest BCUT2D eigenvalue weighted by atomic mass is 10.1. The van der Waals surface area contributed by atoms with Gasteiger partial charge in [-0.1, -0.05) is 29.8 Å². The summed E-state index contributed by atoms with van der Waals surface area (Å²) in [5.74, 6) is 0. The van der Waals surface area contributed by atoms with Crippen LogP contribution in [0, 0.1) is 13.8 Å². The molecule has 0 amide bonds. The van der Waals surface area contributed by atoms with Gasteiger partial charge in [0, 0.05) is 11.3 Å². The molecule has 4 heteroatoms. The predicted molar refractivity (Wildman–Crippen MR) is 75.1 cm³/mol. The zero-order valence-corrected chi connectivity index (χ0v) is 11.1. The van der Waals surface area contributed by atoms with E-state index in [1.54, 1.807) is 4.52 Å². The van der Waals surface area contributed by atoms with Crippen LogP contribution in [-0.4, -0.2) is 14.6 Å². The Labute approximate surface area is 111 Å². The molecule has 3 rings (SSSR count). The van der Waals surface area contributed by atoms with Crippen molar-refractivity contribution in [2.75, 3.05) is 0 Å². The molecule has 2 heterocycles. The van der Waals surface area contributed by atoms with E-state index in [0.717, 1.165) is 27.5 Å². The van der Waals surface area contributed by atoms with E-state index in [-0.39, 0.29) is 0 Å². The Morgan fingerprint density at radius 2 is 1.83 bits per heavy atom. The first kappa shape index (κ1) is 11.3. The van der Waals surface area contributed by atoms with Crippen LogP contribution in [0.3, 0.4) is 0 Å². The molecule has 1 aromatic carbocycles. The summed E-state index contributed by atoms with van der Waals surface area (Å²) in [6.07, 6.45) is 1.84. The normalized spacial score (nSPS) is 11.1. The van der Waals surface area contributed by atoms with Crippen LogP contribution in [-0.2, 0) is 0 Å².